The Labute approximate surface area is 334 Å². The van der Waals surface area contributed by atoms with Crippen LogP contribution >= 0.6 is 0 Å². The van der Waals surface area contributed by atoms with Crippen LogP contribution in [0.2, 0.25) is 0 Å². The van der Waals surface area contributed by atoms with E-state index in [2.05, 4.69) is 241 Å². The van der Waals surface area contributed by atoms with Gasteiger partial charge in [-0.2, -0.15) is 0 Å². The second-order valence-electron chi connectivity index (χ2n) is 14.5. The summed E-state index contributed by atoms with van der Waals surface area (Å²) in [6, 6.07) is 85.8. The van der Waals surface area contributed by atoms with Crippen molar-refractivity contribution in [3.8, 4) is 55.6 Å². The van der Waals surface area contributed by atoms with Gasteiger partial charge in [-0.3, -0.25) is 0 Å². The zero-order chi connectivity index (χ0) is 38.0. The highest BCUT2D eigenvalue weighted by Crippen LogP contribution is 2.47. The Kier molecular flexibility index (Phi) is 8.95. The van der Waals surface area contributed by atoms with Crippen molar-refractivity contribution in [2.24, 2.45) is 0 Å². The van der Waals surface area contributed by atoms with Crippen LogP contribution in [0.25, 0.3) is 77.2 Å². The second-order valence-corrected chi connectivity index (χ2v) is 14.5. The fraction of sp³-hybridized carbons (Fsp3) is 0. The van der Waals surface area contributed by atoms with E-state index in [9.17, 15) is 0 Å². The highest BCUT2D eigenvalue weighted by molar-refractivity contribution is 6.10. The van der Waals surface area contributed by atoms with E-state index < -0.39 is 0 Å². The maximum atomic E-state index is 2.41. The topological polar surface area (TPSA) is 3.24 Å². The number of anilines is 3. The third-order valence-corrected chi connectivity index (χ3v) is 11.0. The third-order valence-electron chi connectivity index (χ3n) is 11.0. The summed E-state index contributed by atoms with van der Waals surface area (Å²) in [5.74, 6) is 0. The molecule has 0 saturated carbocycles. The van der Waals surface area contributed by atoms with Crippen LogP contribution in [-0.4, -0.2) is 0 Å². The molecule has 1 heteroatoms. The molecule has 0 aliphatic heterocycles. The summed E-state index contributed by atoms with van der Waals surface area (Å²) < 4.78 is 0. The lowest BCUT2D eigenvalue weighted by molar-refractivity contribution is 1.28. The van der Waals surface area contributed by atoms with E-state index in [0.29, 0.717) is 0 Å². The van der Waals surface area contributed by atoms with Gasteiger partial charge in [-0.15, -0.1) is 0 Å². The predicted molar refractivity (Wildman–Crippen MR) is 243 cm³/mol. The molecule has 0 amide bonds. The van der Waals surface area contributed by atoms with Crippen LogP contribution in [0.1, 0.15) is 0 Å². The molecule has 0 saturated heterocycles. The maximum Gasteiger partial charge on any atom is 0.0474 e. The van der Waals surface area contributed by atoms with Crippen molar-refractivity contribution in [3.63, 3.8) is 0 Å². The molecular weight excluding hydrogens is 687 g/mol. The molecule has 10 rings (SSSR count). The first-order valence-corrected chi connectivity index (χ1v) is 19.6. The molecule has 0 N–H and O–H groups in total. The number of nitrogens with zero attached hydrogens (tertiary/aromatic N) is 1. The van der Waals surface area contributed by atoms with E-state index in [4.69, 9.17) is 0 Å². The Hall–Kier alpha value is -7.48. The first-order valence-electron chi connectivity index (χ1n) is 19.6. The molecule has 0 heterocycles. The van der Waals surface area contributed by atoms with Crippen LogP contribution in [-0.2, 0) is 0 Å². The van der Waals surface area contributed by atoms with Gasteiger partial charge in [0, 0.05) is 17.1 Å². The smallest absolute Gasteiger partial charge is 0.0474 e. The molecule has 0 bridgehead atoms. The van der Waals surface area contributed by atoms with Gasteiger partial charge in [0.1, 0.15) is 0 Å². The zero-order valence-electron chi connectivity index (χ0n) is 31.5. The van der Waals surface area contributed by atoms with E-state index in [1.165, 1.54) is 77.2 Å². The van der Waals surface area contributed by atoms with Crippen LogP contribution in [0.15, 0.2) is 237 Å². The molecule has 10 aromatic rings. The number of hydrogen-bond acceptors (Lipinski definition) is 1. The Bertz CT molecular complexity index is 2910. The minimum absolute atomic E-state index is 1.08. The van der Waals surface area contributed by atoms with E-state index in [1.807, 2.05) is 0 Å². The van der Waals surface area contributed by atoms with Crippen molar-refractivity contribution in [2.45, 2.75) is 0 Å². The van der Waals surface area contributed by atoms with Crippen molar-refractivity contribution in [2.75, 3.05) is 4.90 Å². The van der Waals surface area contributed by atoms with E-state index in [1.54, 1.807) is 0 Å². The molecule has 0 aromatic heterocycles. The molecule has 1 nitrogen and oxygen atoms in total. The molecule has 0 aliphatic rings. The zero-order valence-corrected chi connectivity index (χ0v) is 31.5. The van der Waals surface area contributed by atoms with Gasteiger partial charge in [0.05, 0.1) is 0 Å². The highest BCUT2D eigenvalue weighted by Gasteiger charge is 2.22. The van der Waals surface area contributed by atoms with Crippen molar-refractivity contribution in [1.29, 1.82) is 0 Å². The summed E-state index contributed by atoms with van der Waals surface area (Å²) in [7, 11) is 0. The monoisotopic (exact) mass is 725 g/mol. The van der Waals surface area contributed by atoms with Crippen LogP contribution in [0.5, 0.6) is 0 Å². The van der Waals surface area contributed by atoms with Gasteiger partial charge in [0.25, 0.3) is 0 Å². The average Bonchev–Trinajstić information content (AvgIpc) is 3.30. The van der Waals surface area contributed by atoms with Crippen molar-refractivity contribution >= 4 is 38.6 Å². The molecule has 0 aliphatic carbocycles. The van der Waals surface area contributed by atoms with Crippen LogP contribution in [0, 0.1) is 0 Å². The van der Waals surface area contributed by atoms with Gasteiger partial charge >= 0.3 is 0 Å². The predicted octanol–water partition coefficient (Wildman–Crippen LogP) is 15.8. The SMILES string of the molecule is c1ccc(-c2ccc(N(c3cccc(-c4ccccc4)c3)c3cc(-c4ccccc4)c(-c4ccc5ccc6ccccc6c5c4)c(-c4ccccc4)c3)cc2)cc1. The van der Waals surface area contributed by atoms with Crippen molar-refractivity contribution in [1.82, 2.24) is 0 Å². The van der Waals surface area contributed by atoms with Gasteiger partial charge < -0.3 is 4.90 Å². The van der Waals surface area contributed by atoms with Crippen LogP contribution in [0.4, 0.5) is 17.1 Å². The number of benzene rings is 10. The van der Waals surface area contributed by atoms with Crippen LogP contribution < -0.4 is 4.90 Å². The quantitative estimate of drug-likeness (QED) is 0.141. The Morgan fingerprint density at radius 3 is 1.30 bits per heavy atom. The molecule has 0 radical (unpaired) electrons. The Morgan fingerprint density at radius 1 is 0.228 bits per heavy atom. The molecule has 268 valence electrons. The summed E-state index contributed by atoms with van der Waals surface area (Å²) >= 11 is 0. The Morgan fingerprint density at radius 2 is 0.684 bits per heavy atom. The second kappa shape index (κ2) is 15.0. The standard InChI is InChI=1S/C56H39N/c1-5-16-40(17-6-1)42-32-34-49(35-33-42)57(50-26-15-25-47(36-50)41-18-7-2-8-19-41)51-38-54(43-20-9-3-10-21-43)56(55(39-51)44-22-11-4-12-23-44)48-31-30-46-29-28-45-24-13-14-27-52(45)53(46)37-48/h1-39H. The summed E-state index contributed by atoms with van der Waals surface area (Å²) in [4.78, 5) is 2.41. The normalized spacial score (nSPS) is 11.2. The minimum Gasteiger partial charge on any atom is -0.310 e. The summed E-state index contributed by atoms with van der Waals surface area (Å²) in [6.07, 6.45) is 0. The van der Waals surface area contributed by atoms with E-state index in [-0.39, 0.29) is 0 Å². The van der Waals surface area contributed by atoms with Gasteiger partial charge in [-0.25, -0.2) is 0 Å². The minimum atomic E-state index is 1.08. The lowest BCUT2D eigenvalue weighted by Gasteiger charge is -2.29. The summed E-state index contributed by atoms with van der Waals surface area (Å²) in [5, 5.41) is 5.00. The number of fused-ring (bicyclic) bond motifs is 3. The molecule has 0 unspecified atom stereocenters. The lowest BCUT2D eigenvalue weighted by atomic mass is 9.85. The third kappa shape index (κ3) is 6.66. The van der Waals surface area contributed by atoms with E-state index in [0.717, 1.165) is 17.1 Å². The van der Waals surface area contributed by atoms with Gasteiger partial charge in [-0.05, 0) is 120 Å². The Balaban J connectivity index is 1.25. The first-order chi connectivity index (χ1) is 28.3. The van der Waals surface area contributed by atoms with Gasteiger partial charge in [0.15, 0.2) is 0 Å². The molecular formula is C56H39N. The average molecular weight is 726 g/mol. The lowest BCUT2D eigenvalue weighted by Crippen LogP contribution is -2.11. The molecule has 0 atom stereocenters. The van der Waals surface area contributed by atoms with Crippen molar-refractivity contribution < 1.29 is 0 Å². The van der Waals surface area contributed by atoms with Crippen LogP contribution in [0.3, 0.4) is 0 Å². The molecule has 0 spiro atoms. The van der Waals surface area contributed by atoms with E-state index >= 15 is 0 Å². The van der Waals surface area contributed by atoms with Gasteiger partial charge in [0.2, 0.25) is 0 Å². The summed E-state index contributed by atoms with van der Waals surface area (Å²) in [6.45, 7) is 0. The summed E-state index contributed by atoms with van der Waals surface area (Å²) in [5.41, 5.74) is 15.1. The fourth-order valence-electron chi connectivity index (χ4n) is 8.25. The van der Waals surface area contributed by atoms with Crippen molar-refractivity contribution in [3.05, 3.63) is 237 Å². The number of hydrogen-bond donors (Lipinski definition) is 0. The number of rotatable bonds is 8. The van der Waals surface area contributed by atoms with Gasteiger partial charge in [-0.1, -0.05) is 194 Å². The largest absolute Gasteiger partial charge is 0.310 e. The molecule has 10 aromatic carbocycles. The molecule has 57 heavy (non-hydrogen) atoms. The maximum absolute atomic E-state index is 2.41. The molecule has 0 fully saturated rings. The highest BCUT2D eigenvalue weighted by atomic mass is 15.1. The first kappa shape index (κ1) is 34.0. The fourth-order valence-corrected chi connectivity index (χ4v) is 8.25.